The van der Waals surface area contributed by atoms with Crippen LogP contribution >= 0.6 is 11.6 Å². The molecule has 40 heavy (non-hydrogen) atoms. The van der Waals surface area contributed by atoms with Crippen molar-refractivity contribution in [3.05, 3.63) is 106 Å². The van der Waals surface area contributed by atoms with Crippen LogP contribution in [0.5, 0.6) is 5.75 Å². The van der Waals surface area contributed by atoms with E-state index in [-0.39, 0.29) is 16.3 Å². The molecule has 0 saturated heterocycles. The molecule has 208 valence electrons. The maximum Gasteiger partial charge on any atom is 0.264 e. The predicted molar refractivity (Wildman–Crippen MR) is 159 cm³/mol. The third kappa shape index (κ3) is 6.05. The van der Waals surface area contributed by atoms with E-state index < -0.39 is 22.5 Å². The normalized spacial score (nSPS) is 11.6. The van der Waals surface area contributed by atoms with Crippen LogP contribution in [0.4, 0.5) is 5.69 Å². The number of rotatable bonds is 9. The third-order valence-corrected chi connectivity index (χ3v) is 8.49. The first-order valence-corrected chi connectivity index (χ1v) is 14.3. The lowest BCUT2D eigenvalue weighted by Gasteiger charge is -2.25. The third-order valence-electron chi connectivity index (χ3n) is 6.48. The second-order valence-electron chi connectivity index (χ2n) is 9.39. The Morgan fingerprint density at radius 2 is 1.75 bits per heavy atom. The van der Waals surface area contributed by atoms with Crippen LogP contribution in [0, 0.1) is 27.7 Å². The average Bonchev–Trinajstić information content (AvgIpc) is 3.20. The Labute approximate surface area is 239 Å². The summed E-state index contributed by atoms with van der Waals surface area (Å²) in [5, 5.41) is 4.43. The Hall–Kier alpha value is -4.08. The van der Waals surface area contributed by atoms with Gasteiger partial charge in [-0.1, -0.05) is 47.5 Å². The summed E-state index contributed by atoms with van der Waals surface area (Å²) in [7, 11) is -2.73. The summed E-state index contributed by atoms with van der Waals surface area (Å²) in [4.78, 5) is 13.0. The lowest BCUT2D eigenvalue weighted by atomic mass is 10.1. The molecule has 1 amide bonds. The molecule has 0 aliphatic heterocycles. The molecular weight excluding hydrogens is 548 g/mol. The highest BCUT2D eigenvalue weighted by atomic mass is 35.5. The second kappa shape index (κ2) is 12.0. The van der Waals surface area contributed by atoms with Gasteiger partial charge in [0.25, 0.3) is 15.9 Å². The van der Waals surface area contributed by atoms with E-state index in [0.29, 0.717) is 5.02 Å². The number of sulfonamides is 1. The molecule has 0 saturated carbocycles. The van der Waals surface area contributed by atoms with E-state index in [1.54, 1.807) is 36.5 Å². The van der Waals surface area contributed by atoms with Gasteiger partial charge in [-0.25, -0.2) is 13.8 Å². The summed E-state index contributed by atoms with van der Waals surface area (Å²) in [5.41, 5.74) is 8.80. The second-order valence-corrected chi connectivity index (χ2v) is 11.7. The zero-order valence-electron chi connectivity index (χ0n) is 23.0. The zero-order chi connectivity index (χ0) is 29.0. The number of carbonyl (C=O) groups is 1. The van der Waals surface area contributed by atoms with Crippen LogP contribution < -0.4 is 14.5 Å². The van der Waals surface area contributed by atoms with E-state index in [0.717, 1.165) is 32.5 Å². The Morgan fingerprint density at radius 3 is 2.42 bits per heavy atom. The van der Waals surface area contributed by atoms with Crippen LogP contribution in [0.15, 0.2) is 82.8 Å². The zero-order valence-corrected chi connectivity index (χ0v) is 24.5. The highest BCUT2D eigenvalue weighted by molar-refractivity contribution is 7.92. The van der Waals surface area contributed by atoms with Gasteiger partial charge in [0.05, 0.1) is 23.9 Å². The lowest BCUT2D eigenvalue weighted by molar-refractivity contribution is -0.119. The molecule has 4 aromatic rings. The number of methoxy groups -OCH3 is 1. The van der Waals surface area contributed by atoms with Gasteiger partial charge in [-0.3, -0.25) is 9.10 Å². The number of halogens is 1. The van der Waals surface area contributed by atoms with Crippen molar-refractivity contribution in [2.24, 2.45) is 5.10 Å². The van der Waals surface area contributed by atoms with Crippen molar-refractivity contribution >= 4 is 39.4 Å². The number of hydrogen-bond acceptors (Lipinski definition) is 5. The molecule has 0 aliphatic rings. The lowest BCUT2D eigenvalue weighted by Crippen LogP contribution is -2.39. The molecule has 1 N–H and O–H groups in total. The number of benzene rings is 3. The van der Waals surface area contributed by atoms with Crippen molar-refractivity contribution in [1.82, 2.24) is 9.99 Å². The van der Waals surface area contributed by atoms with Crippen molar-refractivity contribution in [1.29, 1.82) is 0 Å². The van der Waals surface area contributed by atoms with Gasteiger partial charge >= 0.3 is 0 Å². The van der Waals surface area contributed by atoms with Crippen LogP contribution in [0.3, 0.4) is 0 Å². The Kier molecular flexibility index (Phi) is 8.66. The molecule has 0 bridgehead atoms. The quantitative estimate of drug-likeness (QED) is 0.203. The van der Waals surface area contributed by atoms with Crippen LogP contribution in [-0.4, -0.2) is 38.8 Å². The molecule has 0 spiro atoms. The fourth-order valence-corrected chi connectivity index (χ4v) is 6.17. The van der Waals surface area contributed by atoms with Gasteiger partial charge in [0.2, 0.25) is 0 Å². The maximum absolute atomic E-state index is 13.6. The van der Waals surface area contributed by atoms with E-state index in [2.05, 4.69) is 47.1 Å². The molecule has 0 aliphatic carbocycles. The predicted octanol–water partition coefficient (Wildman–Crippen LogP) is 5.72. The summed E-state index contributed by atoms with van der Waals surface area (Å²) >= 11 is 6.19. The highest BCUT2D eigenvalue weighted by Crippen LogP contribution is 2.34. The standard InChI is InChI=1S/C30H31ClN4O4S/c1-20-11-13-27(21(2)15-20)35-22(3)16-24(23(35)4)18-32-33-30(36)19-34(28-17-25(31)12-14-29(28)39-5)40(37,38)26-9-7-6-8-10-26/h6-18H,19H2,1-5H3,(H,33,36)/b32-18+. The number of hydrogen-bond donors (Lipinski definition) is 1. The smallest absolute Gasteiger partial charge is 0.264 e. The molecule has 10 heteroatoms. The summed E-state index contributed by atoms with van der Waals surface area (Å²) < 4.78 is 35.7. The van der Waals surface area contributed by atoms with Crippen molar-refractivity contribution < 1.29 is 17.9 Å². The SMILES string of the molecule is COc1ccc(Cl)cc1N(CC(=O)N/N=C/c1cc(C)n(-c2ccc(C)cc2C)c1C)S(=O)(=O)c1ccccc1. The van der Waals surface area contributed by atoms with Crippen LogP contribution in [-0.2, 0) is 14.8 Å². The number of aromatic nitrogens is 1. The number of carbonyl (C=O) groups excluding carboxylic acids is 1. The van der Waals surface area contributed by atoms with Crippen LogP contribution in [0.1, 0.15) is 28.1 Å². The van der Waals surface area contributed by atoms with Gasteiger partial charge in [0, 0.05) is 27.7 Å². The van der Waals surface area contributed by atoms with Gasteiger partial charge in [-0.15, -0.1) is 0 Å². The fourth-order valence-electron chi connectivity index (χ4n) is 4.56. The first kappa shape index (κ1) is 28.9. The van der Waals surface area contributed by atoms with E-state index in [9.17, 15) is 13.2 Å². The van der Waals surface area contributed by atoms with E-state index in [1.165, 1.54) is 30.9 Å². The van der Waals surface area contributed by atoms with Gasteiger partial charge in [0.15, 0.2) is 0 Å². The average molecular weight is 579 g/mol. The maximum atomic E-state index is 13.6. The summed E-state index contributed by atoms with van der Waals surface area (Å²) in [5.74, 6) is -0.389. The molecule has 0 fully saturated rings. The number of aryl methyl sites for hydroxylation is 3. The molecule has 0 atom stereocenters. The minimum atomic E-state index is -4.14. The molecule has 1 aromatic heterocycles. The van der Waals surface area contributed by atoms with Crippen molar-refractivity contribution in [3.63, 3.8) is 0 Å². The number of amides is 1. The van der Waals surface area contributed by atoms with Crippen molar-refractivity contribution in [2.45, 2.75) is 32.6 Å². The topological polar surface area (TPSA) is 93.0 Å². The van der Waals surface area contributed by atoms with Crippen LogP contribution in [0.2, 0.25) is 5.02 Å². The van der Waals surface area contributed by atoms with Crippen molar-refractivity contribution in [3.8, 4) is 11.4 Å². The van der Waals surface area contributed by atoms with Gasteiger partial charge < -0.3 is 9.30 Å². The number of hydrazone groups is 1. The number of ether oxygens (including phenoxy) is 1. The minimum Gasteiger partial charge on any atom is -0.495 e. The summed E-state index contributed by atoms with van der Waals surface area (Å²) in [6, 6.07) is 20.7. The van der Waals surface area contributed by atoms with Gasteiger partial charge in [-0.05, 0) is 75.7 Å². The monoisotopic (exact) mass is 578 g/mol. The molecule has 8 nitrogen and oxygen atoms in total. The van der Waals surface area contributed by atoms with Gasteiger partial charge in [0.1, 0.15) is 12.3 Å². The van der Waals surface area contributed by atoms with Crippen LogP contribution in [0.25, 0.3) is 5.69 Å². The molecule has 3 aromatic carbocycles. The van der Waals surface area contributed by atoms with E-state index in [1.807, 2.05) is 19.9 Å². The fraction of sp³-hybridized carbons (Fsp3) is 0.200. The van der Waals surface area contributed by atoms with E-state index in [4.69, 9.17) is 16.3 Å². The first-order valence-electron chi connectivity index (χ1n) is 12.5. The van der Waals surface area contributed by atoms with E-state index >= 15 is 0 Å². The molecule has 0 radical (unpaired) electrons. The first-order chi connectivity index (χ1) is 19.0. The Bertz CT molecular complexity index is 1680. The minimum absolute atomic E-state index is 0.0205. The molecular formula is C30H31ClN4O4S. The Morgan fingerprint density at radius 1 is 1.02 bits per heavy atom. The summed E-state index contributed by atoms with van der Waals surface area (Å²) in [6.07, 6.45) is 1.55. The number of nitrogens with one attached hydrogen (secondary N) is 1. The summed E-state index contributed by atoms with van der Waals surface area (Å²) in [6.45, 7) is 7.57. The number of nitrogens with zero attached hydrogens (tertiary/aromatic N) is 3. The Balaban J connectivity index is 1.60. The number of anilines is 1. The molecule has 4 rings (SSSR count). The van der Waals surface area contributed by atoms with Gasteiger partial charge in [-0.2, -0.15) is 5.10 Å². The van der Waals surface area contributed by atoms with Crippen molar-refractivity contribution in [2.75, 3.05) is 18.0 Å². The largest absolute Gasteiger partial charge is 0.495 e. The molecule has 1 heterocycles. The highest BCUT2D eigenvalue weighted by Gasteiger charge is 2.29. The molecule has 0 unspecified atom stereocenters.